The van der Waals surface area contributed by atoms with Crippen molar-refractivity contribution in [2.24, 2.45) is 5.92 Å². The predicted molar refractivity (Wildman–Crippen MR) is 115 cm³/mol. The van der Waals surface area contributed by atoms with Gasteiger partial charge in [0.05, 0.1) is 31.9 Å². The lowest BCUT2D eigenvalue weighted by Gasteiger charge is -2.28. The number of ketones is 1. The summed E-state index contributed by atoms with van der Waals surface area (Å²) >= 11 is 0. The van der Waals surface area contributed by atoms with Crippen molar-refractivity contribution in [1.82, 2.24) is 4.90 Å². The van der Waals surface area contributed by atoms with Crippen molar-refractivity contribution in [3.8, 4) is 17.2 Å². The van der Waals surface area contributed by atoms with E-state index in [1.165, 1.54) is 11.0 Å². The molecule has 0 radical (unpaired) electrons. The fourth-order valence-electron chi connectivity index (χ4n) is 3.71. The number of phenols is 1. The second kappa shape index (κ2) is 9.12. The molecule has 7 nitrogen and oxygen atoms in total. The molecule has 2 aromatic carbocycles. The number of hydrogen-bond acceptors (Lipinski definition) is 6. The molecule has 1 aliphatic rings. The number of methoxy groups -OCH3 is 1. The number of para-hydroxylation sites is 1. The largest absolute Gasteiger partial charge is 0.504 e. The molecule has 1 heterocycles. The van der Waals surface area contributed by atoms with Crippen molar-refractivity contribution in [1.29, 1.82) is 0 Å². The van der Waals surface area contributed by atoms with Gasteiger partial charge in [-0.25, -0.2) is 0 Å². The highest BCUT2D eigenvalue weighted by Gasteiger charge is 2.44. The van der Waals surface area contributed by atoms with Crippen LogP contribution in [0.15, 0.2) is 53.8 Å². The van der Waals surface area contributed by atoms with Crippen LogP contribution in [0.1, 0.15) is 37.9 Å². The summed E-state index contributed by atoms with van der Waals surface area (Å²) in [5.74, 6) is -1.12. The van der Waals surface area contributed by atoms with E-state index in [0.29, 0.717) is 17.9 Å². The lowest BCUT2D eigenvalue weighted by molar-refractivity contribution is -0.130. The zero-order chi connectivity index (χ0) is 22.7. The van der Waals surface area contributed by atoms with Crippen molar-refractivity contribution in [2.45, 2.75) is 33.4 Å². The molecular formula is C24H27NO6. The molecular weight excluding hydrogens is 398 g/mol. The molecule has 0 spiro atoms. The van der Waals surface area contributed by atoms with E-state index in [4.69, 9.17) is 9.47 Å². The molecule has 0 fully saturated rings. The minimum absolute atomic E-state index is 0.0445. The zero-order valence-corrected chi connectivity index (χ0v) is 18.1. The zero-order valence-electron chi connectivity index (χ0n) is 18.1. The van der Waals surface area contributed by atoms with E-state index in [1.807, 2.05) is 18.2 Å². The number of aliphatic hydroxyl groups excluding tert-OH is 1. The second-order valence-electron chi connectivity index (χ2n) is 7.59. The monoisotopic (exact) mass is 425 g/mol. The first kappa shape index (κ1) is 22.2. The van der Waals surface area contributed by atoms with Crippen molar-refractivity contribution >= 4 is 11.7 Å². The van der Waals surface area contributed by atoms with Crippen molar-refractivity contribution in [2.75, 3.05) is 13.7 Å². The molecule has 3 rings (SSSR count). The van der Waals surface area contributed by atoms with Crippen LogP contribution in [-0.2, 0) is 16.1 Å². The van der Waals surface area contributed by atoms with Gasteiger partial charge in [0.25, 0.3) is 5.91 Å². The maximum Gasteiger partial charge on any atom is 0.290 e. The number of rotatable bonds is 8. The number of hydrogen-bond donors (Lipinski definition) is 2. The average molecular weight is 425 g/mol. The van der Waals surface area contributed by atoms with Gasteiger partial charge in [-0.15, -0.1) is 0 Å². The van der Waals surface area contributed by atoms with E-state index in [-0.39, 0.29) is 29.4 Å². The standard InChI is InChI=1S/C24H27NO6/c1-5-31-19-12-15(10-11-17(19)26)21-20(22(27)14(2)3)23(28)24(29)25(21)13-16-8-6-7-9-18(16)30-4/h6-12,14,21,26,28H,5,13H2,1-4H3. The van der Waals surface area contributed by atoms with Gasteiger partial charge < -0.3 is 24.6 Å². The molecule has 1 amide bonds. The van der Waals surface area contributed by atoms with E-state index in [1.54, 1.807) is 46.1 Å². The quantitative estimate of drug-likeness (QED) is 0.666. The van der Waals surface area contributed by atoms with Crippen LogP contribution in [0.2, 0.25) is 0 Å². The van der Waals surface area contributed by atoms with Crippen LogP contribution in [0, 0.1) is 5.92 Å². The number of aromatic hydroxyl groups is 1. The Hall–Kier alpha value is -3.48. The van der Waals surface area contributed by atoms with Gasteiger partial charge >= 0.3 is 0 Å². The molecule has 0 saturated carbocycles. The molecule has 0 saturated heterocycles. The third kappa shape index (κ3) is 4.21. The minimum atomic E-state index is -0.827. The predicted octanol–water partition coefficient (Wildman–Crippen LogP) is 3.92. The number of amides is 1. The van der Waals surface area contributed by atoms with E-state index >= 15 is 0 Å². The van der Waals surface area contributed by atoms with Crippen LogP contribution in [0.4, 0.5) is 0 Å². The number of ether oxygens (including phenoxy) is 2. The molecule has 1 atom stereocenters. The van der Waals surface area contributed by atoms with Gasteiger partial charge in [0.15, 0.2) is 23.0 Å². The van der Waals surface area contributed by atoms with Gasteiger partial charge in [0.2, 0.25) is 0 Å². The first-order valence-corrected chi connectivity index (χ1v) is 10.2. The molecule has 0 bridgehead atoms. The highest BCUT2D eigenvalue weighted by molar-refractivity contribution is 6.09. The lowest BCUT2D eigenvalue weighted by Crippen LogP contribution is -2.31. The summed E-state index contributed by atoms with van der Waals surface area (Å²) in [6.45, 7) is 5.69. The molecule has 7 heteroatoms. The van der Waals surface area contributed by atoms with Crippen molar-refractivity contribution < 1.29 is 29.3 Å². The van der Waals surface area contributed by atoms with Crippen LogP contribution < -0.4 is 9.47 Å². The van der Waals surface area contributed by atoms with Crippen LogP contribution in [0.3, 0.4) is 0 Å². The Kier molecular flexibility index (Phi) is 6.53. The molecule has 1 aliphatic heterocycles. The highest BCUT2D eigenvalue weighted by atomic mass is 16.5. The Morgan fingerprint density at radius 3 is 2.48 bits per heavy atom. The Morgan fingerprint density at radius 1 is 1.13 bits per heavy atom. The number of carbonyl (C=O) groups excluding carboxylic acids is 2. The number of benzene rings is 2. The summed E-state index contributed by atoms with van der Waals surface area (Å²) in [6.07, 6.45) is 0. The molecule has 2 aromatic rings. The van der Waals surface area contributed by atoms with E-state index in [9.17, 15) is 19.8 Å². The summed E-state index contributed by atoms with van der Waals surface area (Å²) in [7, 11) is 1.54. The van der Waals surface area contributed by atoms with E-state index < -0.39 is 23.6 Å². The fraction of sp³-hybridized carbons (Fsp3) is 0.333. The molecule has 0 aliphatic carbocycles. The highest BCUT2D eigenvalue weighted by Crippen LogP contribution is 2.42. The van der Waals surface area contributed by atoms with Gasteiger partial charge in [0.1, 0.15) is 5.75 Å². The second-order valence-corrected chi connectivity index (χ2v) is 7.59. The molecule has 0 aromatic heterocycles. The van der Waals surface area contributed by atoms with E-state index in [2.05, 4.69) is 0 Å². The summed E-state index contributed by atoms with van der Waals surface area (Å²) < 4.78 is 10.9. The van der Waals surface area contributed by atoms with Crippen LogP contribution in [0.25, 0.3) is 0 Å². The number of Topliss-reactive ketones (excluding diaryl/α,β-unsaturated/α-hetero) is 1. The number of carbonyl (C=O) groups is 2. The van der Waals surface area contributed by atoms with Crippen LogP contribution >= 0.6 is 0 Å². The molecule has 2 N–H and O–H groups in total. The average Bonchev–Trinajstić information content (AvgIpc) is 3.00. The van der Waals surface area contributed by atoms with Crippen molar-refractivity contribution in [3.05, 3.63) is 64.9 Å². The number of nitrogens with zero attached hydrogens (tertiary/aromatic N) is 1. The normalized spacial score (nSPS) is 16.2. The summed E-state index contributed by atoms with van der Waals surface area (Å²) in [5, 5.41) is 20.8. The summed E-state index contributed by atoms with van der Waals surface area (Å²) in [5.41, 5.74) is 1.33. The Labute approximate surface area is 181 Å². The Balaban J connectivity index is 2.13. The SMILES string of the molecule is CCOc1cc(C2C(C(=O)C(C)C)=C(O)C(=O)N2Cc2ccccc2OC)ccc1O. The first-order chi connectivity index (χ1) is 14.8. The summed E-state index contributed by atoms with van der Waals surface area (Å²) in [6, 6.07) is 11.1. The maximum absolute atomic E-state index is 13.1. The third-order valence-corrected chi connectivity index (χ3v) is 5.23. The molecule has 164 valence electrons. The summed E-state index contributed by atoms with van der Waals surface area (Å²) in [4.78, 5) is 27.5. The Bertz CT molecular complexity index is 1030. The molecule has 1 unspecified atom stereocenters. The van der Waals surface area contributed by atoms with Crippen LogP contribution in [0.5, 0.6) is 17.2 Å². The lowest BCUT2D eigenvalue weighted by atomic mass is 9.91. The fourth-order valence-corrected chi connectivity index (χ4v) is 3.71. The topological polar surface area (TPSA) is 96.3 Å². The smallest absolute Gasteiger partial charge is 0.290 e. The minimum Gasteiger partial charge on any atom is -0.504 e. The first-order valence-electron chi connectivity index (χ1n) is 10.2. The number of aliphatic hydroxyl groups is 1. The number of phenolic OH excluding ortho intramolecular Hbond substituents is 1. The third-order valence-electron chi connectivity index (χ3n) is 5.23. The van der Waals surface area contributed by atoms with Gasteiger partial charge in [-0.2, -0.15) is 0 Å². The van der Waals surface area contributed by atoms with Gasteiger partial charge in [-0.05, 0) is 30.7 Å². The van der Waals surface area contributed by atoms with E-state index in [0.717, 1.165) is 5.56 Å². The van der Waals surface area contributed by atoms with Crippen LogP contribution in [-0.4, -0.2) is 40.5 Å². The van der Waals surface area contributed by atoms with Gasteiger partial charge in [-0.1, -0.05) is 38.1 Å². The van der Waals surface area contributed by atoms with Gasteiger partial charge in [-0.3, -0.25) is 9.59 Å². The van der Waals surface area contributed by atoms with Gasteiger partial charge in [0, 0.05) is 11.5 Å². The maximum atomic E-state index is 13.1. The molecule has 31 heavy (non-hydrogen) atoms. The van der Waals surface area contributed by atoms with Crippen molar-refractivity contribution in [3.63, 3.8) is 0 Å². The Morgan fingerprint density at radius 2 is 1.84 bits per heavy atom.